The first-order chi connectivity index (χ1) is 15.6. The third kappa shape index (κ3) is 4.55. The van der Waals surface area contributed by atoms with Crippen molar-refractivity contribution in [1.82, 2.24) is 9.88 Å². The molecule has 4 heterocycles. The van der Waals surface area contributed by atoms with Crippen molar-refractivity contribution in [1.29, 1.82) is 0 Å². The summed E-state index contributed by atoms with van der Waals surface area (Å²) in [5, 5.41) is 3.75. The van der Waals surface area contributed by atoms with Crippen LogP contribution in [0.3, 0.4) is 0 Å². The Morgan fingerprint density at radius 1 is 1.28 bits per heavy atom. The molecule has 2 unspecified atom stereocenters. The average Bonchev–Trinajstić information content (AvgIpc) is 3.55. The van der Waals surface area contributed by atoms with Gasteiger partial charge in [-0.2, -0.15) is 8.78 Å². The number of aromatic nitrogens is 1. The number of hydrogen-bond acceptors (Lipinski definition) is 7. The van der Waals surface area contributed by atoms with Crippen molar-refractivity contribution in [3.05, 3.63) is 47.5 Å². The molecule has 2 aliphatic rings. The highest BCUT2D eigenvalue weighted by molar-refractivity contribution is 8.15. The molecule has 0 aliphatic carbocycles. The van der Waals surface area contributed by atoms with E-state index in [1.807, 2.05) is 12.1 Å². The number of H-pyrrole nitrogens is 1. The fourth-order valence-corrected chi connectivity index (χ4v) is 7.08. The Morgan fingerprint density at radius 2 is 2.12 bits per heavy atom. The molecule has 6 nitrogen and oxygen atoms in total. The van der Waals surface area contributed by atoms with Gasteiger partial charge in [-0.3, -0.25) is 9.89 Å². The van der Waals surface area contributed by atoms with Crippen molar-refractivity contribution in [2.75, 3.05) is 43.7 Å². The van der Waals surface area contributed by atoms with Gasteiger partial charge in [-0.05, 0) is 23.6 Å². The van der Waals surface area contributed by atoms with E-state index in [4.69, 9.17) is 9.73 Å². The Bertz CT molecular complexity index is 1090. The van der Waals surface area contributed by atoms with Crippen LogP contribution in [0.5, 0.6) is 0 Å². The van der Waals surface area contributed by atoms with E-state index in [-0.39, 0.29) is 5.69 Å². The van der Waals surface area contributed by atoms with E-state index in [0.717, 1.165) is 55.5 Å². The summed E-state index contributed by atoms with van der Waals surface area (Å²) in [6, 6.07) is 10.4. The molecule has 11 heteroatoms. The Kier molecular flexibility index (Phi) is 6.72. The van der Waals surface area contributed by atoms with Crippen molar-refractivity contribution in [3.63, 3.8) is 0 Å². The second-order valence-corrected chi connectivity index (χ2v) is 11.3. The summed E-state index contributed by atoms with van der Waals surface area (Å²) in [7, 11) is 0. The second-order valence-electron chi connectivity index (χ2n) is 7.51. The highest BCUT2D eigenvalue weighted by Gasteiger charge is 2.34. The van der Waals surface area contributed by atoms with E-state index in [0.29, 0.717) is 19.3 Å². The lowest BCUT2D eigenvalue weighted by Gasteiger charge is -2.28. The molecule has 0 spiro atoms. The van der Waals surface area contributed by atoms with Gasteiger partial charge < -0.3 is 14.3 Å². The van der Waals surface area contributed by atoms with Crippen LogP contribution in [-0.2, 0) is 16.1 Å². The normalized spacial score (nSPS) is 20.8. The molecule has 3 aromatic rings. The van der Waals surface area contributed by atoms with Crippen LogP contribution in [0, 0.1) is 0 Å². The smallest absolute Gasteiger partial charge is 0.352 e. The number of aromatic amines is 1. The number of thiophene rings is 1. The van der Waals surface area contributed by atoms with Gasteiger partial charge in [-0.15, -0.1) is 4.31 Å². The van der Waals surface area contributed by atoms with E-state index in [1.165, 1.54) is 11.3 Å². The third-order valence-electron chi connectivity index (χ3n) is 5.41. The maximum atomic E-state index is 14.0. The highest BCUT2D eigenvalue weighted by Crippen LogP contribution is 2.36. The summed E-state index contributed by atoms with van der Waals surface area (Å²) in [5.74, 6) is 0. The van der Waals surface area contributed by atoms with Gasteiger partial charge in [0.25, 0.3) is 0 Å². The van der Waals surface area contributed by atoms with Crippen molar-refractivity contribution >= 4 is 56.1 Å². The Labute approximate surface area is 196 Å². The predicted molar refractivity (Wildman–Crippen MR) is 128 cm³/mol. The third-order valence-corrected chi connectivity index (χ3v) is 9.18. The molecule has 0 radical (unpaired) electrons. The number of benzene rings is 1. The number of para-hydroxylation sites is 1. The number of hydrogen-bond donors (Lipinski definition) is 1. The molecular weight excluding hydrogens is 474 g/mol. The molecule has 170 valence electrons. The monoisotopic (exact) mass is 496 g/mol. The number of nitrogens with zero attached hydrogens (tertiary/aromatic N) is 3. The van der Waals surface area contributed by atoms with Gasteiger partial charge in [0.05, 0.1) is 31.0 Å². The Morgan fingerprint density at radius 3 is 2.88 bits per heavy atom. The summed E-state index contributed by atoms with van der Waals surface area (Å²) in [6.45, 7) is 2.18. The second kappa shape index (κ2) is 9.70. The molecule has 0 bridgehead atoms. The number of ether oxygens (including phenoxy) is 1. The minimum absolute atomic E-state index is 0.212. The van der Waals surface area contributed by atoms with Crippen LogP contribution in [0.2, 0.25) is 0 Å². The van der Waals surface area contributed by atoms with Gasteiger partial charge in [0.2, 0.25) is 4.21 Å². The van der Waals surface area contributed by atoms with Gasteiger partial charge in [0, 0.05) is 36.3 Å². The van der Waals surface area contributed by atoms with Crippen LogP contribution in [0.15, 0.2) is 51.0 Å². The maximum absolute atomic E-state index is 14.0. The Hall–Kier alpha value is -1.63. The number of fused-ring (bicyclic) bond motifs is 1. The van der Waals surface area contributed by atoms with Crippen molar-refractivity contribution in [2.24, 2.45) is 4.99 Å². The van der Waals surface area contributed by atoms with Gasteiger partial charge in [-0.25, -0.2) is 0 Å². The van der Waals surface area contributed by atoms with E-state index in [9.17, 15) is 13.3 Å². The highest BCUT2D eigenvalue weighted by atomic mass is 32.2. The van der Waals surface area contributed by atoms with E-state index >= 15 is 0 Å². The molecule has 0 saturated carbocycles. The van der Waals surface area contributed by atoms with Crippen molar-refractivity contribution in [3.8, 4) is 0 Å². The molecular formula is C21H22F2N4O2S3. The molecule has 2 atom stereocenters. The number of nitrogens with one attached hydrogen (secondary N) is 1. The first-order valence-electron chi connectivity index (χ1n) is 10.3. The van der Waals surface area contributed by atoms with Gasteiger partial charge in [-0.1, -0.05) is 35.2 Å². The molecule has 1 fully saturated rings. The summed E-state index contributed by atoms with van der Waals surface area (Å²) >= 11 is 0.912. The van der Waals surface area contributed by atoms with E-state index in [2.05, 4.69) is 9.88 Å². The molecule has 1 aromatic carbocycles. The first-order valence-corrected chi connectivity index (χ1v) is 13.1. The lowest BCUT2D eigenvalue weighted by molar-refractivity contribution is 0.0385. The topological polar surface area (TPSA) is 66.9 Å². The molecule has 2 aliphatic heterocycles. The SMILES string of the molecule is [O-][S+](c1cccs1)N(c1cccc2cc(C3=NCC(CN4CCOCC4)S3)[nH]c12)C(F)F. The zero-order valence-corrected chi connectivity index (χ0v) is 19.5. The lowest BCUT2D eigenvalue weighted by atomic mass is 10.2. The number of morpholine rings is 1. The minimum Gasteiger partial charge on any atom is -0.587 e. The largest absolute Gasteiger partial charge is 0.587 e. The minimum atomic E-state index is -2.91. The molecule has 32 heavy (non-hydrogen) atoms. The standard InChI is InChI=1S/C21H22F2N4O2S3/c22-21(23)27(32(28)18-5-2-10-30-18)17-4-1-3-14-11-16(25-19(14)17)20-24-12-15(31-20)13-26-6-8-29-9-7-26/h1-5,10-11,15,21,25H,6-9,12-13H2. The number of anilines is 1. The molecule has 2 aromatic heterocycles. The number of halogens is 2. The summed E-state index contributed by atoms with van der Waals surface area (Å²) < 4.78 is 47.4. The predicted octanol–water partition coefficient (Wildman–Crippen LogP) is 4.18. The number of rotatable bonds is 7. The van der Waals surface area contributed by atoms with Crippen LogP contribution in [0.4, 0.5) is 14.5 Å². The number of aliphatic imine (C=N–C) groups is 1. The first kappa shape index (κ1) is 22.2. The van der Waals surface area contributed by atoms with Gasteiger partial charge in [0.1, 0.15) is 22.1 Å². The Balaban J connectivity index is 1.38. The molecule has 1 saturated heterocycles. The van der Waals surface area contributed by atoms with E-state index in [1.54, 1.807) is 41.4 Å². The van der Waals surface area contributed by atoms with Crippen LogP contribution in [0.1, 0.15) is 5.69 Å². The van der Waals surface area contributed by atoms with Crippen molar-refractivity contribution in [2.45, 2.75) is 16.0 Å². The van der Waals surface area contributed by atoms with Crippen molar-refractivity contribution < 1.29 is 18.1 Å². The van der Waals surface area contributed by atoms with E-state index < -0.39 is 17.9 Å². The van der Waals surface area contributed by atoms with Crippen LogP contribution < -0.4 is 4.31 Å². The maximum Gasteiger partial charge on any atom is 0.352 e. The zero-order chi connectivity index (χ0) is 22.1. The van der Waals surface area contributed by atoms with Crippen LogP contribution in [0.25, 0.3) is 10.9 Å². The molecule has 1 N–H and O–H groups in total. The number of thioether (sulfide) groups is 1. The zero-order valence-electron chi connectivity index (χ0n) is 17.1. The molecule has 5 rings (SSSR count). The molecule has 0 amide bonds. The fraction of sp³-hybridized carbons (Fsp3) is 0.381. The quantitative estimate of drug-likeness (QED) is 0.393. The fourth-order valence-electron chi connectivity index (χ4n) is 3.90. The lowest BCUT2D eigenvalue weighted by Crippen LogP contribution is -2.40. The van der Waals surface area contributed by atoms with Crippen LogP contribution >= 0.6 is 23.1 Å². The average molecular weight is 497 g/mol. The number of alkyl halides is 2. The summed E-state index contributed by atoms with van der Waals surface area (Å²) in [5.41, 5.74) is 1.55. The summed E-state index contributed by atoms with van der Waals surface area (Å²) in [4.78, 5) is 10.4. The van der Waals surface area contributed by atoms with Gasteiger partial charge in [0.15, 0.2) is 0 Å². The van der Waals surface area contributed by atoms with Gasteiger partial charge >= 0.3 is 6.55 Å². The van der Waals surface area contributed by atoms with Crippen LogP contribution in [-0.4, -0.2) is 70.7 Å². The summed E-state index contributed by atoms with van der Waals surface area (Å²) in [6.07, 6.45) is 0.